The number of amides is 1. The molecule has 0 aliphatic rings. The summed E-state index contributed by atoms with van der Waals surface area (Å²) in [6.45, 7) is 1.83. The second-order valence-electron chi connectivity index (χ2n) is 4.14. The van der Waals surface area contributed by atoms with Gasteiger partial charge in [-0.05, 0) is 18.6 Å². The first-order chi connectivity index (χ1) is 10.2. The highest BCUT2D eigenvalue weighted by Gasteiger charge is 2.17. The van der Waals surface area contributed by atoms with E-state index in [0.29, 0.717) is 11.5 Å². The van der Waals surface area contributed by atoms with Crippen LogP contribution in [0, 0.1) is 6.92 Å². The lowest BCUT2D eigenvalue weighted by Crippen LogP contribution is -2.14. The summed E-state index contributed by atoms with van der Waals surface area (Å²) in [6, 6.07) is 3.62. The summed E-state index contributed by atoms with van der Waals surface area (Å²) in [6.07, 6.45) is 6.10. The molecule has 0 spiro atoms. The molecule has 8 heteroatoms. The van der Waals surface area contributed by atoms with Gasteiger partial charge in [0.15, 0.2) is 0 Å². The second-order valence-corrected chi connectivity index (χ2v) is 4.14. The fourth-order valence-corrected chi connectivity index (χ4v) is 1.61. The third-order valence-corrected chi connectivity index (χ3v) is 2.65. The highest BCUT2D eigenvalue weighted by Crippen LogP contribution is 2.13. The van der Waals surface area contributed by atoms with Crippen molar-refractivity contribution in [3.8, 4) is 11.5 Å². The lowest BCUT2D eigenvalue weighted by molar-refractivity contribution is 0.0981. The maximum absolute atomic E-state index is 12.0. The number of hydrogen-bond donors (Lipinski definition) is 1. The largest absolute Gasteiger partial charge is 0.328 e. The van der Waals surface area contributed by atoms with Gasteiger partial charge in [-0.3, -0.25) is 9.78 Å². The molecule has 0 saturated carbocycles. The van der Waals surface area contributed by atoms with Crippen LogP contribution in [0.5, 0.6) is 0 Å². The zero-order chi connectivity index (χ0) is 14.7. The summed E-state index contributed by atoms with van der Waals surface area (Å²) < 4.78 is 4.92. The van der Waals surface area contributed by atoms with Gasteiger partial charge < -0.3 is 9.84 Å². The minimum absolute atomic E-state index is 0.166. The first-order valence-corrected chi connectivity index (χ1v) is 6.07. The summed E-state index contributed by atoms with van der Waals surface area (Å²) in [5.74, 6) is -0.0482. The Balaban J connectivity index is 1.80. The highest BCUT2D eigenvalue weighted by atomic mass is 16.5. The maximum atomic E-state index is 12.0. The number of nitrogens with one attached hydrogen (secondary N) is 1. The lowest BCUT2D eigenvalue weighted by atomic mass is 10.3. The SMILES string of the molecule is Cc1cccnc1NC(=O)c1nc(-c2cnccn2)no1. The Morgan fingerprint density at radius 1 is 1.24 bits per heavy atom. The Bertz CT molecular complexity index is 771. The van der Waals surface area contributed by atoms with Crippen molar-refractivity contribution in [2.45, 2.75) is 6.92 Å². The standard InChI is InChI=1S/C13H10N6O2/c1-8-3-2-4-16-10(8)17-12(20)13-18-11(19-21-13)9-7-14-5-6-15-9/h2-7H,1H3,(H,16,17,20). The third-order valence-electron chi connectivity index (χ3n) is 2.65. The van der Waals surface area contributed by atoms with Crippen LogP contribution in [0.25, 0.3) is 11.5 Å². The van der Waals surface area contributed by atoms with Gasteiger partial charge >= 0.3 is 11.8 Å². The Labute approximate surface area is 119 Å². The Morgan fingerprint density at radius 2 is 2.14 bits per heavy atom. The van der Waals surface area contributed by atoms with Crippen LogP contribution in [0.3, 0.4) is 0 Å². The zero-order valence-corrected chi connectivity index (χ0v) is 11.0. The lowest BCUT2D eigenvalue weighted by Gasteiger charge is -2.03. The number of carbonyl (C=O) groups excluding carboxylic acids is 1. The van der Waals surface area contributed by atoms with Crippen molar-refractivity contribution in [2.24, 2.45) is 0 Å². The van der Waals surface area contributed by atoms with Gasteiger partial charge in [0.2, 0.25) is 5.82 Å². The van der Waals surface area contributed by atoms with E-state index in [-0.39, 0.29) is 11.7 Å². The first kappa shape index (κ1) is 12.9. The molecule has 0 aliphatic carbocycles. The van der Waals surface area contributed by atoms with E-state index in [2.05, 4.69) is 30.4 Å². The fourth-order valence-electron chi connectivity index (χ4n) is 1.61. The summed E-state index contributed by atoms with van der Waals surface area (Å²) in [4.78, 5) is 28.0. The van der Waals surface area contributed by atoms with E-state index in [1.807, 2.05) is 13.0 Å². The smallest absolute Gasteiger partial charge is 0.316 e. The molecule has 0 aliphatic heterocycles. The molecule has 3 rings (SSSR count). The molecule has 0 saturated heterocycles. The highest BCUT2D eigenvalue weighted by molar-refractivity contribution is 6.00. The molecule has 104 valence electrons. The monoisotopic (exact) mass is 282 g/mol. The Morgan fingerprint density at radius 3 is 2.90 bits per heavy atom. The van der Waals surface area contributed by atoms with Gasteiger partial charge in [-0.1, -0.05) is 11.2 Å². The number of aryl methyl sites for hydroxylation is 1. The molecule has 21 heavy (non-hydrogen) atoms. The van der Waals surface area contributed by atoms with Crippen LogP contribution in [0.4, 0.5) is 5.82 Å². The van der Waals surface area contributed by atoms with Gasteiger partial charge in [0.25, 0.3) is 0 Å². The molecule has 0 radical (unpaired) electrons. The van der Waals surface area contributed by atoms with Gasteiger partial charge in [-0.15, -0.1) is 0 Å². The number of pyridine rings is 1. The quantitative estimate of drug-likeness (QED) is 0.775. The molecule has 3 heterocycles. The van der Waals surface area contributed by atoms with Crippen molar-refractivity contribution in [2.75, 3.05) is 5.32 Å². The van der Waals surface area contributed by atoms with Gasteiger partial charge in [0.05, 0.1) is 6.20 Å². The summed E-state index contributed by atoms with van der Waals surface area (Å²) in [7, 11) is 0. The zero-order valence-electron chi connectivity index (χ0n) is 11.0. The Kier molecular flexibility index (Phi) is 3.34. The van der Waals surface area contributed by atoms with E-state index in [0.717, 1.165) is 5.56 Å². The Hall–Kier alpha value is -3.16. The van der Waals surface area contributed by atoms with Crippen LogP contribution in [0.2, 0.25) is 0 Å². The molecule has 0 fully saturated rings. The van der Waals surface area contributed by atoms with E-state index >= 15 is 0 Å². The van der Waals surface area contributed by atoms with Crippen LogP contribution >= 0.6 is 0 Å². The molecule has 0 bridgehead atoms. The van der Waals surface area contributed by atoms with E-state index in [9.17, 15) is 4.79 Å². The van der Waals surface area contributed by atoms with Crippen molar-refractivity contribution in [3.05, 3.63) is 48.4 Å². The summed E-state index contributed by atoms with van der Waals surface area (Å²) in [5, 5.41) is 6.31. The predicted octanol–water partition coefficient (Wildman–Crippen LogP) is 1.48. The normalized spacial score (nSPS) is 10.3. The van der Waals surface area contributed by atoms with E-state index in [4.69, 9.17) is 4.52 Å². The van der Waals surface area contributed by atoms with Crippen molar-refractivity contribution in [1.82, 2.24) is 25.1 Å². The third kappa shape index (κ3) is 2.73. The molecule has 0 aromatic carbocycles. The fraction of sp³-hybridized carbons (Fsp3) is 0.0769. The second kappa shape index (κ2) is 5.45. The molecular formula is C13H10N6O2. The molecular weight excluding hydrogens is 272 g/mol. The topological polar surface area (TPSA) is 107 Å². The van der Waals surface area contributed by atoms with Gasteiger partial charge in [0, 0.05) is 18.6 Å². The van der Waals surface area contributed by atoms with E-state index < -0.39 is 5.91 Å². The molecule has 8 nitrogen and oxygen atoms in total. The molecule has 0 atom stereocenters. The van der Waals surface area contributed by atoms with Gasteiger partial charge in [-0.25, -0.2) is 9.97 Å². The minimum Gasteiger partial charge on any atom is -0.328 e. The molecule has 1 amide bonds. The van der Waals surface area contributed by atoms with Crippen LogP contribution in [-0.4, -0.2) is 31.0 Å². The van der Waals surface area contributed by atoms with Crippen molar-refractivity contribution in [3.63, 3.8) is 0 Å². The molecule has 3 aromatic heterocycles. The van der Waals surface area contributed by atoms with Crippen molar-refractivity contribution < 1.29 is 9.32 Å². The summed E-state index contributed by atoms with van der Waals surface area (Å²) >= 11 is 0. The molecule has 0 unspecified atom stereocenters. The first-order valence-electron chi connectivity index (χ1n) is 6.07. The van der Waals surface area contributed by atoms with Crippen LogP contribution < -0.4 is 5.32 Å². The number of anilines is 1. The number of nitrogens with zero attached hydrogens (tertiary/aromatic N) is 5. The van der Waals surface area contributed by atoms with Crippen molar-refractivity contribution >= 4 is 11.7 Å². The predicted molar refractivity (Wildman–Crippen MR) is 72.3 cm³/mol. The average Bonchev–Trinajstić information content (AvgIpc) is 3.00. The molecule has 3 aromatic rings. The number of rotatable bonds is 3. The van der Waals surface area contributed by atoms with Gasteiger partial charge in [-0.2, -0.15) is 4.98 Å². The van der Waals surface area contributed by atoms with Crippen molar-refractivity contribution in [1.29, 1.82) is 0 Å². The molecule has 1 N–H and O–H groups in total. The number of aromatic nitrogens is 5. The van der Waals surface area contributed by atoms with Crippen LogP contribution in [-0.2, 0) is 0 Å². The van der Waals surface area contributed by atoms with Crippen LogP contribution in [0.15, 0.2) is 41.4 Å². The average molecular weight is 282 g/mol. The number of carbonyl (C=O) groups is 1. The minimum atomic E-state index is -0.528. The van der Waals surface area contributed by atoms with Gasteiger partial charge in [0.1, 0.15) is 11.5 Å². The van der Waals surface area contributed by atoms with E-state index in [1.54, 1.807) is 12.3 Å². The van der Waals surface area contributed by atoms with Crippen LogP contribution in [0.1, 0.15) is 16.2 Å². The van der Waals surface area contributed by atoms with E-state index in [1.165, 1.54) is 18.6 Å². The number of hydrogen-bond acceptors (Lipinski definition) is 7. The maximum Gasteiger partial charge on any atom is 0.316 e. The summed E-state index contributed by atoms with van der Waals surface area (Å²) in [5.41, 5.74) is 1.26.